The molecule has 5 rings (SSSR count). The summed E-state index contributed by atoms with van der Waals surface area (Å²) < 4.78 is 10.7. The fraction of sp³-hybridized carbons (Fsp3) is 0.292. The lowest BCUT2D eigenvalue weighted by molar-refractivity contribution is -0.140. The Bertz CT molecular complexity index is 1490. The number of aromatic nitrogens is 3. The topological polar surface area (TPSA) is 114 Å². The van der Waals surface area contributed by atoms with Crippen LogP contribution in [0.5, 0.6) is 0 Å². The van der Waals surface area contributed by atoms with Crippen molar-refractivity contribution in [3.8, 4) is 11.8 Å². The molecule has 1 aliphatic rings. The van der Waals surface area contributed by atoms with Crippen LogP contribution in [0, 0.1) is 25.7 Å². The van der Waals surface area contributed by atoms with E-state index in [0.29, 0.717) is 44.8 Å². The Labute approximate surface area is 213 Å². The first-order chi connectivity index (χ1) is 16.8. The van der Waals surface area contributed by atoms with Gasteiger partial charge in [0.05, 0.1) is 11.4 Å². The van der Waals surface area contributed by atoms with Gasteiger partial charge in [-0.15, -0.1) is 11.3 Å². The summed E-state index contributed by atoms with van der Waals surface area (Å²) >= 11 is 3.93. The summed E-state index contributed by atoms with van der Waals surface area (Å²) in [5.41, 5.74) is 2.85. The summed E-state index contributed by atoms with van der Waals surface area (Å²) in [6, 6.07) is 7.76. The van der Waals surface area contributed by atoms with Gasteiger partial charge >= 0.3 is 12.1 Å². The number of aliphatic carboxylic acids is 1. The van der Waals surface area contributed by atoms with Crippen molar-refractivity contribution < 1.29 is 19.4 Å². The molecule has 0 saturated heterocycles. The van der Waals surface area contributed by atoms with Gasteiger partial charge in [0.25, 0.3) is 0 Å². The van der Waals surface area contributed by atoms with Crippen molar-refractivity contribution in [1.82, 2.24) is 14.3 Å². The summed E-state index contributed by atoms with van der Waals surface area (Å²) in [5.74, 6) is 5.24. The second kappa shape index (κ2) is 9.03. The molecule has 1 aliphatic carbocycles. The zero-order valence-corrected chi connectivity index (χ0v) is 21.5. The third-order valence-electron chi connectivity index (χ3n) is 5.83. The quantitative estimate of drug-likeness (QED) is 0.324. The number of aryl methyl sites for hydroxylation is 2. The van der Waals surface area contributed by atoms with Gasteiger partial charge in [-0.2, -0.15) is 4.37 Å². The van der Waals surface area contributed by atoms with E-state index in [2.05, 4.69) is 31.5 Å². The highest BCUT2D eigenvalue weighted by Gasteiger charge is 2.54. The van der Waals surface area contributed by atoms with Crippen LogP contribution in [0.4, 0.5) is 10.5 Å². The number of anilines is 1. The van der Waals surface area contributed by atoms with Crippen molar-refractivity contribution in [2.24, 2.45) is 0 Å². The zero-order chi connectivity index (χ0) is 24.7. The summed E-state index contributed by atoms with van der Waals surface area (Å²) in [4.78, 5) is 33.6. The molecule has 11 heteroatoms. The number of carboxylic acid groups (broad SMARTS) is 1. The summed E-state index contributed by atoms with van der Waals surface area (Å²) in [6.45, 7) is 5.60. The molecule has 1 aromatic carbocycles. The van der Waals surface area contributed by atoms with Crippen LogP contribution in [-0.4, -0.2) is 31.5 Å². The molecule has 1 amide bonds. The predicted molar refractivity (Wildman–Crippen MR) is 136 cm³/mol. The number of ether oxygens (including phenoxy) is 1. The molecule has 4 aromatic rings. The lowest BCUT2D eigenvalue weighted by Gasteiger charge is -2.16. The Morgan fingerprint density at radius 3 is 2.63 bits per heavy atom. The first-order valence-electron chi connectivity index (χ1n) is 10.8. The van der Waals surface area contributed by atoms with Crippen LogP contribution in [0.1, 0.15) is 57.6 Å². The number of rotatable bonds is 5. The first-order valence-corrected chi connectivity index (χ1v) is 13.2. The Morgan fingerprint density at radius 1 is 1.17 bits per heavy atom. The number of carboxylic acids is 1. The lowest BCUT2D eigenvalue weighted by atomic mass is 10.1. The Hall–Kier alpha value is -3.33. The highest BCUT2D eigenvalue weighted by Crippen LogP contribution is 2.51. The molecule has 2 N–H and O–H groups in total. The predicted octanol–water partition coefficient (Wildman–Crippen LogP) is 5.65. The first kappa shape index (κ1) is 23.4. The maximum absolute atomic E-state index is 12.6. The van der Waals surface area contributed by atoms with Crippen molar-refractivity contribution in [3.05, 3.63) is 56.0 Å². The Kier molecular flexibility index (Phi) is 6.04. The minimum Gasteiger partial charge on any atom is -0.481 e. The van der Waals surface area contributed by atoms with Crippen LogP contribution in [0.2, 0.25) is 0 Å². The molecule has 1 unspecified atom stereocenters. The summed E-state index contributed by atoms with van der Waals surface area (Å²) in [5, 5.41) is 13.4. The van der Waals surface area contributed by atoms with Crippen LogP contribution in [0.15, 0.2) is 24.3 Å². The normalized spacial score (nSPS) is 14.7. The summed E-state index contributed by atoms with van der Waals surface area (Å²) in [6.07, 6.45) is 0.241. The highest BCUT2D eigenvalue weighted by atomic mass is 32.2. The van der Waals surface area contributed by atoms with Crippen LogP contribution in [0.3, 0.4) is 0 Å². The van der Waals surface area contributed by atoms with Crippen molar-refractivity contribution in [1.29, 1.82) is 0 Å². The third-order valence-corrected chi connectivity index (χ3v) is 8.98. The van der Waals surface area contributed by atoms with E-state index in [1.165, 1.54) is 34.2 Å². The number of amides is 1. The van der Waals surface area contributed by atoms with Crippen molar-refractivity contribution in [2.45, 2.75) is 45.1 Å². The van der Waals surface area contributed by atoms with Crippen molar-refractivity contribution >= 4 is 61.6 Å². The number of benzene rings is 1. The van der Waals surface area contributed by atoms with Gasteiger partial charge in [-0.05, 0) is 68.1 Å². The van der Waals surface area contributed by atoms with E-state index < -0.39 is 23.6 Å². The number of hydrogen-bond donors (Lipinski definition) is 2. The molecular weight excluding hydrogens is 504 g/mol. The molecule has 3 heterocycles. The number of nitrogens with zero attached hydrogens (tertiary/aromatic N) is 3. The molecule has 3 aromatic heterocycles. The largest absolute Gasteiger partial charge is 0.481 e. The van der Waals surface area contributed by atoms with E-state index in [4.69, 9.17) is 4.74 Å². The number of nitrogens with one attached hydrogen (secondary N) is 1. The highest BCUT2D eigenvalue weighted by molar-refractivity contribution is 7.38. The Morgan fingerprint density at radius 2 is 1.94 bits per heavy atom. The standard InChI is InChI=1S/C24H20N4O4S3/c1-12-6-4-5-7-15(12)14(3)32-23(31)26-18-13(2)28-35-16(18)8-9-17-25-19-20(33-17)34-21(27-19)24(10-11-24)22(29)30/h4-7,14H,10-11H2,1-3H3,(H,26,31)(H,29,30). The van der Waals surface area contributed by atoms with E-state index in [1.807, 2.05) is 38.1 Å². The van der Waals surface area contributed by atoms with E-state index in [0.717, 1.165) is 15.1 Å². The molecule has 1 fully saturated rings. The molecule has 0 aliphatic heterocycles. The molecule has 35 heavy (non-hydrogen) atoms. The van der Waals surface area contributed by atoms with Crippen molar-refractivity contribution in [2.75, 3.05) is 5.32 Å². The minimum absolute atomic E-state index is 0.408. The number of thiazole rings is 2. The van der Waals surface area contributed by atoms with E-state index >= 15 is 0 Å². The molecule has 1 atom stereocenters. The van der Waals surface area contributed by atoms with E-state index in [1.54, 1.807) is 6.92 Å². The molecule has 0 spiro atoms. The smallest absolute Gasteiger partial charge is 0.412 e. The third kappa shape index (κ3) is 4.52. The van der Waals surface area contributed by atoms with Crippen LogP contribution < -0.4 is 5.32 Å². The van der Waals surface area contributed by atoms with Gasteiger partial charge in [0, 0.05) is 0 Å². The number of carbonyl (C=O) groups excluding carboxylic acids is 1. The molecule has 1 saturated carbocycles. The molecule has 0 radical (unpaired) electrons. The number of fused-ring (bicyclic) bond motifs is 1. The number of carbonyl (C=O) groups is 2. The van der Waals surface area contributed by atoms with Crippen LogP contribution >= 0.6 is 34.2 Å². The van der Waals surface area contributed by atoms with Crippen LogP contribution in [0.25, 0.3) is 9.66 Å². The summed E-state index contributed by atoms with van der Waals surface area (Å²) in [7, 11) is 0. The molecular formula is C24H20N4O4S3. The Balaban J connectivity index is 1.30. The fourth-order valence-electron chi connectivity index (χ4n) is 3.66. The van der Waals surface area contributed by atoms with Gasteiger partial charge in [-0.25, -0.2) is 14.8 Å². The monoisotopic (exact) mass is 524 g/mol. The minimum atomic E-state index is -0.830. The maximum Gasteiger partial charge on any atom is 0.412 e. The number of hydrogen-bond acceptors (Lipinski definition) is 9. The average molecular weight is 525 g/mol. The molecule has 178 valence electrons. The van der Waals surface area contributed by atoms with Gasteiger partial charge in [-0.1, -0.05) is 35.6 Å². The second-order valence-corrected chi connectivity index (χ2v) is 11.3. The molecule has 0 bridgehead atoms. The van der Waals surface area contributed by atoms with E-state index in [9.17, 15) is 14.7 Å². The van der Waals surface area contributed by atoms with Gasteiger partial charge in [0.2, 0.25) is 0 Å². The van der Waals surface area contributed by atoms with Crippen molar-refractivity contribution in [3.63, 3.8) is 0 Å². The SMILES string of the molecule is Cc1ccccc1C(C)OC(=O)Nc1c(C)nsc1C#Cc1nc2nc(C3(C(=O)O)CC3)sc2s1. The fourth-order valence-corrected chi connectivity index (χ4v) is 6.57. The molecule has 8 nitrogen and oxygen atoms in total. The van der Waals surface area contributed by atoms with Gasteiger partial charge in [0.15, 0.2) is 10.7 Å². The second-order valence-electron chi connectivity index (χ2n) is 8.29. The maximum atomic E-state index is 12.6. The zero-order valence-electron chi connectivity index (χ0n) is 19.0. The lowest BCUT2D eigenvalue weighted by Crippen LogP contribution is -2.18. The van der Waals surface area contributed by atoms with Gasteiger partial charge < -0.3 is 9.84 Å². The van der Waals surface area contributed by atoms with E-state index in [-0.39, 0.29) is 0 Å². The average Bonchev–Trinajstić information content (AvgIpc) is 3.25. The van der Waals surface area contributed by atoms with Gasteiger partial charge in [-0.3, -0.25) is 10.1 Å². The van der Waals surface area contributed by atoms with Crippen LogP contribution in [-0.2, 0) is 14.9 Å². The van der Waals surface area contributed by atoms with Gasteiger partial charge in [0.1, 0.15) is 25.4 Å².